The van der Waals surface area contributed by atoms with E-state index in [1.54, 1.807) is 24.3 Å². The number of hydrogen-bond acceptors (Lipinski definition) is 3. The summed E-state index contributed by atoms with van der Waals surface area (Å²) in [6.07, 6.45) is 0. The highest BCUT2D eigenvalue weighted by Gasteiger charge is 2.12. The Morgan fingerprint density at radius 2 is 1.72 bits per heavy atom. The molecular weight excluding hydrogens is 469 g/mol. The summed E-state index contributed by atoms with van der Waals surface area (Å²) in [6, 6.07) is 22.1. The van der Waals surface area contributed by atoms with Gasteiger partial charge in [0, 0.05) is 33.4 Å². The normalized spacial score (nSPS) is 10.8. The molecule has 0 heterocycles. The van der Waals surface area contributed by atoms with E-state index >= 15 is 0 Å². The van der Waals surface area contributed by atoms with E-state index in [1.165, 1.54) is 6.07 Å². The number of benzene rings is 4. The van der Waals surface area contributed by atoms with Gasteiger partial charge in [0.25, 0.3) is 0 Å². The molecule has 0 amide bonds. The molecular formula is C25H18Cl3NO3. The number of carbonyl (C=O) groups is 1. The van der Waals surface area contributed by atoms with Crippen LogP contribution in [0.3, 0.4) is 0 Å². The molecule has 4 nitrogen and oxygen atoms in total. The molecule has 0 aliphatic rings. The number of hydrogen-bond donors (Lipinski definition) is 2. The van der Waals surface area contributed by atoms with Crippen molar-refractivity contribution in [1.82, 2.24) is 0 Å². The minimum atomic E-state index is -1.06. The second kappa shape index (κ2) is 9.70. The van der Waals surface area contributed by atoms with Crippen LogP contribution in [0.5, 0.6) is 5.75 Å². The Kier molecular flexibility index (Phi) is 6.75. The molecule has 0 aliphatic heterocycles. The predicted octanol–water partition coefficient (Wildman–Crippen LogP) is 7.69. The fourth-order valence-corrected chi connectivity index (χ4v) is 4.14. The average Bonchev–Trinajstić information content (AvgIpc) is 2.77. The lowest BCUT2D eigenvalue weighted by atomic mass is 10.0. The molecule has 7 heteroatoms. The molecule has 162 valence electrons. The van der Waals surface area contributed by atoms with Gasteiger partial charge in [-0.05, 0) is 47.2 Å². The predicted molar refractivity (Wildman–Crippen MR) is 130 cm³/mol. The maximum Gasteiger partial charge on any atom is 0.337 e. The number of halogens is 3. The minimum Gasteiger partial charge on any atom is -0.488 e. The van der Waals surface area contributed by atoms with E-state index in [1.807, 2.05) is 42.5 Å². The highest BCUT2D eigenvalue weighted by atomic mass is 35.5. The first-order valence-corrected chi connectivity index (χ1v) is 10.9. The van der Waals surface area contributed by atoms with Crippen LogP contribution >= 0.6 is 34.8 Å². The summed E-state index contributed by atoms with van der Waals surface area (Å²) in [6.45, 7) is 0.744. The van der Waals surface area contributed by atoms with Gasteiger partial charge < -0.3 is 15.2 Å². The van der Waals surface area contributed by atoms with Crippen molar-refractivity contribution in [2.24, 2.45) is 0 Å². The van der Waals surface area contributed by atoms with Crippen LogP contribution in [0.1, 0.15) is 21.5 Å². The maximum absolute atomic E-state index is 11.2. The maximum atomic E-state index is 11.2. The summed E-state index contributed by atoms with van der Waals surface area (Å²) < 4.78 is 6.14. The summed E-state index contributed by atoms with van der Waals surface area (Å²) in [7, 11) is 0. The van der Waals surface area contributed by atoms with Gasteiger partial charge >= 0.3 is 5.97 Å². The Labute approximate surface area is 200 Å². The first kappa shape index (κ1) is 22.3. The van der Waals surface area contributed by atoms with Crippen LogP contribution in [-0.4, -0.2) is 11.1 Å². The van der Waals surface area contributed by atoms with Crippen LogP contribution in [0.2, 0.25) is 15.1 Å². The van der Waals surface area contributed by atoms with Crippen molar-refractivity contribution in [3.8, 4) is 5.75 Å². The monoisotopic (exact) mass is 485 g/mol. The lowest BCUT2D eigenvalue weighted by molar-refractivity contribution is 0.0697. The zero-order valence-corrected chi connectivity index (χ0v) is 19.0. The lowest BCUT2D eigenvalue weighted by Gasteiger charge is -2.16. The number of rotatable bonds is 7. The fraction of sp³-hybridized carbons (Fsp3) is 0.0800. The number of carboxylic acid groups (broad SMARTS) is 1. The molecule has 0 radical (unpaired) electrons. The number of nitrogens with one attached hydrogen (secondary N) is 1. The molecule has 32 heavy (non-hydrogen) atoms. The number of ether oxygens (including phenoxy) is 1. The highest BCUT2D eigenvalue weighted by Crippen LogP contribution is 2.31. The number of anilines is 1. The standard InChI is InChI=1S/C25H18Cl3NO3/c26-17-7-5-16(22(27)11-17)14-32-24-10-6-15-3-1-2-4-19(15)21(24)13-29-18-8-9-20(25(30)31)23(28)12-18/h1-12,29H,13-14H2,(H,30,31). The summed E-state index contributed by atoms with van der Waals surface area (Å²) >= 11 is 18.4. The molecule has 0 aromatic heterocycles. The van der Waals surface area contributed by atoms with Gasteiger partial charge in [0.2, 0.25) is 0 Å². The molecule has 2 N–H and O–H groups in total. The number of fused-ring (bicyclic) bond motifs is 1. The van der Waals surface area contributed by atoms with E-state index in [9.17, 15) is 4.79 Å². The Morgan fingerprint density at radius 3 is 2.47 bits per heavy atom. The third-order valence-electron chi connectivity index (χ3n) is 5.06. The molecule has 0 bridgehead atoms. The van der Waals surface area contributed by atoms with Gasteiger partial charge in [0.15, 0.2) is 0 Å². The number of carboxylic acids is 1. The second-order valence-corrected chi connectivity index (χ2v) is 8.39. The Hall–Kier alpha value is -2.92. The lowest BCUT2D eigenvalue weighted by Crippen LogP contribution is -2.05. The van der Waals surface area contributed by atoms with Gasteiger partial charge in [0.1, 0.15) is 12.4 Å². The summed E-state index contributed by atoms with van der Waals surface area (Å²) in [5.74, 6) is -0.345. The molecule has 4 aromatic carbocycles. The number of aromatic carboxylic acids is 1. The van der Waals surface area contributed by atoms with Crippen molar-refractivity contribution in [2.45, 2.75) is 13.2 Å². The molecule has 0 saturated heterocycles. The van der Waals surface area contributed by atoms with E-state index < -0.39 is 5.97 Å². The van der Waals surface area contributed by atoms with Crippen LogP contribution in [0.4, 0.5) is 5.69 Å². The van der Waals surface area contributed by atoms with Crippen LogP contribution in [0, 0.1) is 0 Å². The Balaban J connectivity index is 1.61. The van der Waals surface area contributed by atoms with Crippen LogP contribution in [0.25, 0.3) is 10.8 Å². The minimum absolute atomic E-state index is 0.0613. The molecule has 4 aromatic rings. The molecule has 0 unspecified atom stereocenters. The smallest absolute Gasteiger partial charge is 0.337 e. The third kappa shape index (κ3) is 4.94. The quantitative estimate of drug-likeness (QED) is 0.281. The molecule has 0 aliphatic carbocycles. The molecule has 0 fully saturated rings. The van der Waals surface area contributed by atoms with Crippen molar-refractivity contribution in [1.29, 1.82) is 0 Å². The van der Waals surface area contributed by atoms with Crippen molar-refractivity contribution >= 4 is 57.2 Å². The SMILES string of the molecule is O=C(O)c1ccc(NCc2c(OCc3ccc(Cl)cc3Cl)ccc3ccccc23)cc1Cl. The average molecular weight is 487 g/mol. The van der Waals surface area contributed by atoms with Gasteiger partial charge in [-0.1, -0.05) is 71.2 Å². The molecule has 0 spiro atoms. The van der Waals surface area contributed by atoms with E-state index in [0.717, 1.165) is 27.6 Å². The Bertz CT molecular complexity index is 1310. The molecule has 0 atom stereocenters. The fourth-order valence-electron chi connectivity index (χ4n) is 3.42. The van der Waals surface area contributed by atoms with Crippen LogP contribution < -0.4 is 10.1 Å². The van der Waals surface area contributed by atoms with Gasteiger partial charge in [-0.2, -0.15) is 0 Å². The Morgan fingerprint density at radius 1 is 0.906 bits per heavy atom. The largest absolute Gasteiger partial charge is 0.488 e. The van der Waals surface area contributed by atoms with Crippen LogP contribution in [0.15, 0.2) is 72.8 Å². The highest BCUT2D eigenvalue weighted by molar-refractivity contribution is 6.35. The van der Waals surface area contributed by atoms with Gasteiger partial charge in [-0.25, -0.2) is 4.79 Å². The van der Waals surface area contributed by atoms with Gasteiger partial charge in [0.05, 0.1) is 10.6 Å². The van der Waals surface area contributed by atoms with Gasteiger partial charge in [-0.3, -0.25) is 0 Å². The summed E-state index contributed by atoms with van der Waals surface area (Å²) in [4.78, 5) is 11.2. The molecule has 0 saturated carbocycles. The van der Waals surface area contributed by atoms with E-state index in [2.05, 4.69) is 5.32 Å². The molecule has 4 rings (SSSR count). The van der Waals surface area contributed by atoms with Crippen LogP contribution in [-0.2, 0) is 13.2 Å². The van der Waals surface area contributed by atoms with Crippen molar-refractivity contribution < 1.29 is 14.6 Å². The first-order valence-electron chi connectivity index (χ1n) is 9.76. The van der Waals surface area contributed by atoms with Gasteiger partial charge in [-0.15, -0.1) is 0 Å². The van der Waals surface area contributed by atoms with E-state index in [4.69, 9.17) is 44.6 Å². The summed E-state index contributed by atoms with van der Waals surface area (Å²) in [5.41, 5.74) is 2.57. The zero-order valence-electron chi connectivity index (χ0n) is 16.7. The third-order valence-corrected chi connectivity index (χ3v) is 5.96. The topological polar surface area (TPSA) is 58.6 Å². The first-order chi connectivity index (χ1) is 15.4. The van der Waals surface area contributed by atoms with Crippen molar-refractivity contribution in [2.75, 3.05) is 5.32 Å². The van der Waals surface area contributed by atoms with E-state index in [-0.39, 0.29) is 10.6 Å². The zero-order chi connectivity index (χ0) is 22.7. The van der Waals surface area contributed by atoms with Crippen molar-refractivity contribution in [3.05, 3.63) is 105 Å². The van der Waals surface area contributed by atoms with E-state index in [0.29, 0.717) is 28.9 Å². The second-order valence-electron chi connectivity index (χ2n) is 7.14. The summed E-state index contributed by atoms with van der Waals surface area (Å²) in [5, 5.41) is 15.9. The van der Waals surface area contributed by atoms with Crippen molar-refractivity contribution in [3.63, 3.8) is 0 Å².